The zero-order valence-electron chi connectivity index (χ0n) is 14.5. The first-order valence-electron chi connectivity index (χ1n) is 8.03. The van der Waals surface area contributed by atoms with E-state index in [-0.39, 0.29) is 12.3 Å². The molecular formula is C20H20N2O3. The number of nitrogens with zero attached hydrogens (tertiary/aromatic N) is 1. The minimum Gasteiger partial charge on any atom is -0.495 e. The summed E-state index contributed by atoms with van der Waals surface area (Å²) < 4.78 is 11.1. The monoisotopic (exact) mass is 336 g/mol. The molecule has 128 valence electrons. The largest absolute Gasteiger partial charge is 0.495 e. The lowest BCUT2D eigenvalue weighted by Gasteiger charge is -2.10. The van der Waals surface area contributed by atoms with Gasteiger partial charge in [0.2, 0.25) is 11.8 Å². The van der Waals surface area contributed by atoms with Gasteiger partial charge in [0.05, 0.1) is 24.9 Å². The summed E-state index contributed by atoms with van der Waals surface area (Å²) in [7, 11) is 1.58. The summed E-state index contributed by atoms with van der Waals surface area (Å²) in [5.74, 6) is 1.53. The maximum atomic E-state index is 12.4. The van der Waals surface area contributed by atoms with E-state index < -0.39 is 0 Å². The van der Waals surface area contributed by atoms with Crippen molar-refractivity contribution in [3.8, 4) is 17.2 Å². The van der Waals surface area contributed by atoms with Crippen LogP contribution in [0.2, 0.25) is 0 Å². The summed E-state index contributed by atoms with van der Waals surface area (Å²) >= 11 is 0. The van der Waals surface area contributed by atoms with Crippen LogP contribution in [-0.2, 0) is 11.2 Å². The van der Waals surface area contributed by atoms with Crippen LogP contribution in [0.3, 0.4) is 0 Å². The number of hydrogen-bond donors (Lipinski definition) is 1. The van der Waals surface area contributed by atoms with E-state index >= 15 is 0 Å². The highest BCUT2D eigenvalue weighted by molar-refractivity contribution is 5.93. The molecule has 2 aromatic carbocycles. The Morgan fingerprint density at radius 2 is 1.92 bits per heavy atom. The molecule has 0 unspecified atom stereocenters. The topological polar surface area (TPSA) is 64.4 Å². The molecule has 5 heteroatoms. The normalized spacial score (nSPS) is 10.5. The molecule has 0 radical (unpaired) electrons. The van der Waals surface area contributed by atoms with Crippen LogP contribution in [0.4, 0.5) is 5.69 Å². The van der Waals surface area contributed by atoms with Crippen molar-refractivity contribution in [2.45, 2.75) is 20.3 Å². The van der Waals surface area contributed by atoms with E-state index in [9.17, 15) is 4.79 Å². The van der Waals surface area contributed by atoms with Gasteiger partial charge in [-0.05, 0) is 43.7 Å². The molecule has 3 rings (SSSR count). The number of benzene rings is 2. The van der Waals surface area contributed by atoms with Crippen molar-refractivity contribution in [3.05, 3.63) is 65.5 Å². The first kappa shape index (κ1) is 16.8. The van der Waals surface area contributed by atoms with Crippen LogP contribution in [0, 0.1) is 13.8 Å². The third-order valence-electron chi connectivity index (χ3n) is 3.86. The molecule has 0 fully saturated rings. The minimum absolute atomic E-state index is 0.114. The molecule has 5 nitrogen and oxygen atoms in total. The number of carbonyl (C=O) groups is 1. The maximum absolute atomic E-state index is 12.4. The van der Waals surface area contributed by atoms with Crippen LogP contribution in [-0.4, -0.2) is 18.0 Å². The zero-order valence-corrected chi connectivity index (χ0v) is 14.5. The Morgan fingerprint density at radius 3 is 2.64 bits per heavy atom. The smallest absolute Gasteiger partial charge is 0.232 e. The van der Waals surface area contributed by atoms with E-state index in [1.54, 1.807) is 7.11 Å². The van der Waals surface area contributed by atoms with E-state index in [4.69, 9.17) is 9.15 Å². The van der Waals surface area contributed by atoms with E-state index in [2.05, 4.69) is 10.3 Å². The van der Waals surface area contributed by atoms with Gasteiger partial charge in [-0.25, -0.2) is 4.98 Å². The average molecular weight is 336 g/mol. The first-order chi connectivity index (χ1) is 12.1. The molecule has 0 aliphatic carbocycles. The second kappa shape index (κ2) is 7.21. The second-order valence-electron chi connectivity index (χ2n) is 5.82. The molecule has 25 heavy (non-hydrogen) atoms. The third kappa shape index (κ3) is 3.88. The molecule has 1 aromatic heterocycles. The van der Waals surface area contributed by atoms with Crippen LogP contribution in [0.5, 0.6) is 5.75 Å². The van der Waals surface area contributed by atoms with Gasteiger partial charge in [0.25, 0.3) is 0 Å². The van der Waals surface area contributed by atoms with Gasteiger partial charge in [0, 0.05) is 5.56 Å². The zero-order chi connectivity index (χ0) is 17.8. The fourth-order valence-electron chi connectivity index (χ4n) is 2.56. The SMILES string of the molecule is COc1ccc(C)cc1NC(=O)Cc1oc(-c2ccccc2)nc1C. The maximum Gasteiger partial charge on any atom is 0.232 e. The van der Waals surface area contributed by atoms with Crippen molar-refractivity contribution in [1.29, 1.82) is 0 Å². The van der Waals surface area contributed by atoms with Crippen LogP contribution in [0.1, 0.15) is 17.0 Å². The van der Waals surface area contributed by atoms with Crippen LogP contribution in [0.15, 0.2) is 52.9 Å². The quantitative estimate of drug-likeness (QED) is 0.760. The molecule has 1 heterocycles. The molecule has 0 atom stereocenters. The van der Waals surface area contributed by atoms with Crippen molar-refractivity contribution in [2.24, 2.45) is 0 Å². The summed E-state index contributed by atoms with van der Waals surface area (Å²) in [6.07, 6.45) is 0.114. The predicted octanol–water partition coefficient (Wildman–Crippen LogP) is 4.15. The molecule has 0 aliphatic heterocycles. The summed E-state index contributed by atoms with van der Waals surface area (Å²) in [5, 5.41) is 2.88. The van der Waals surface area contributed by atoms with Gasteiger partial charge in [-0.3, -0.25) is 4.79 Å². The fourth-order valence-corrected chi connectivity index (χ4v) is 2.56. The van der Waals surface area contributed by atoms with Gasteiger partial charge in [-0.2, -0.15) is 0 Å². The minimum atomic E-state index is -0.178. The number of oxazole rings is 1. The van der Waals surface area contributed by atoms with Crippen LogP contribution >= 0.6 is 0 Å². The highest BCUT2D eigenvalue weighted by Crippen LogP contribution is 2.26. The number of nitrogens with one attached hydrogen (secondary N) is 1. The lowest BCUT2D eigenvalue weighted by molar-refractivity contribution is -0.115. The van der Waals surface area contributed by atoms with Crippen molar-refractivity contribution >= 4 is 11.6 Å². The Kier molecular flexibility index (Phi) is 4.84. The molecule has 0 saturated heterocycles. The summed E-state index contributed by atoms with van der Waals surface area (Å²) in [5.41, 5.74) is 3.29. The Balaban J connectivity index is 1.76. The molecule has 3 aromatic rings. The van der Waals surface area contributed by atoms with E-state index in [0.29, 0.717) is 28.8 Å². The summed E-state index contributed by atoms with van der Waals surface area (Å²) in [6, 6.07) is 15.3. The van der Waals surface area contributed by atoms with Crippen molar-refractivity contribution < 1.29 is 13.9 Å². The van der Waals surface area contributed by atoms with Gasteiger partial charge in [0.1, 0.15) is 11.5 Å². The molecule has 1 amide bonds. The second-order valence-corrected chi connectivity index (χ2v) is 5.82. The van der Waals surface area contributed by atoms with Crippen LogP contribution in [0.25, 0.3) is 11.5 Å². The van der Waals surface area contributed by atoms with Crippen molar-refractivity contribution in [3.63, 3.8) is 0 Å². The number of aryl methyl sites for hydroxylation is 2. The number of amides is 1. The standard InChI is InChI=1S/C20H20N2O3/c1-13-9-10-17(24-3)16(11-13)22-19(23)12-18-14(2)21-20(25-18)15-7-5-4-6-8-15/h4-11H,12H2,1-3H3,(H,22,23). The Morgan fingerprint density at radius 1 is 1.16 bits per heavy atom. The van der Waals surface area contributed by atoms with Gasteiger partial charge in [-0.15, -0.1) is 0 Å². The Hall–Kier alpha value is -3.08. The molecule has 0 spiro atoms. The fraction of sp³-hybridized carbons (Fsp3) is 0.200. The number of hydrogen-bond acceptors (Lipinski definition) is 4. The van der Waals surface area contributed by atoms with Gasteiger partial charge >= 0.3 is 0 Å². The summed E-state index contributed by atoms with van der Waals surface area (Å²) in [6.45, 7) is 3.80. The molecule has 0 bridgehead atoms. The number of ether oxygens (including phenoxy) is 1. The van der Waals surface area contributed by atoms with Crippen molar-refractivity contribution in [2.75, 3.05) is 12.4 Å². The van der Waals surface area contributed by atoms with E-state index in [0.717, 1.165) is 11.1 Å². The molecular weight excluding hydrogens is 316 g/mol. The number of rotatable bonds is 5. The van der Waals surface area contributed by atoms with Gasteiger partial charge < -0.3 is 14.5 Å². The summed E-state index contributed by atoms with van der Waals surface area (Å²) in [4.78, 5) is 16.8. The Labute approximate surface area is 146 Å². The van der Waals surface area contributed by atoms with E-state index in [1.165, 1.54) is 0 Å². The predicted molar refractivity (Wildman–Crippen MR) is 96.7 cm³/mol. The van der Waals surface area contributed by atoms with Crippen LogP contribution < -0.4 is 10.1 Å². The molecule has 0 aliphatic rings. The third-order valence-corrected chi connectivity index (χ3v) is 3.86. The molecule has 0 saturated carbocycles. The lowest BCUT2D eigenvalue weighted by Crippen LogP contribution is -2.15. The number of methoxy groups -OCH3 is 1. The first-order valence-corrected chi connectivity index (χ1v) is 8.03. The number of anilines is 1. The molecule has 1 N–H and O–H groups in total. The number of carbonyl (C=O) groups excluding carboxylic acids is 1. The average Bonchev–Trinajstić information content (AvgIpc) is 2.96. The van der Waals surface area contributed by atoms with Crippen molar-refractivity contribution in [1.82, 2.24) is 4.98 Å². The highest BCUT2D eigenvalue weighted by atomic mass is 16.5. The van der Waals surface area contributed by atoms with E-state index in [1.807, 2.05) is 62.4 Å². The van der Waals surface area contributed by atoms with Gasteiger partial charge in [0.15, 0.2) is 0 Å². The number of aromatic nitrogens is 1. The van der Waals surface area contributed by atoms with Gasteiger partial charge in [-0.1, -0.05) is 24.3 Å². The highest BCUT2D eigenvalue weighted by Gasteiger charge is 2.16. The Bertz CT molecular complexity index is 885. The lowest BCUT2D eigenvalue weighted by atomic mass is 10.2.